The second kappa shape index (κ2) is 6.40. The second-order valence-corrected chi connectivity index (χ2v) is 7.22. The van der Waals surface area contributed by atoms with Crippen molar-refractivity contribution in [3.8, 4) is 0 Å². The molecule has 0 unspecified atom stereocenters. The smallest absolute Gasteiger partial charge is 0.337 e. The van der Waals surface area contributed by atoms with Gasteiger partial charge >= 0.3 is 5.97 Å². The molecule has 3 atom stereocenters. The molecule has 0 saturated heterocycles. The summed E-state index contributed by atoms with van der Waals surface area (Å²) in [5.74, 6) is 0.281. The largest absolute Gasteiger partial charge is 0.465 e. The molecule has 1 heterocycles. The summed E-state index contributed by atoms with van der Waals surface area (Å²) in [6, 6.07) is 11.3. The Labute approximate surface area is 156 Å². The fourth-order valence-electron chi connectivity index (χ4n) is 3.90. The van der Waals surface area contributed by atoms with Gasteiger partial charge in [0, 0.05) is 16.5 Å². The Morgan fingerprint density at radius 3 is 2.56 bits per heavy atom. The first-order chi connectivity index (χ1) is 12.1. The molecule has 1 aliphatic carbocycles. The van der Waals surface area contributed by atoms with Gasteiger partial charge in [-0.2, -0.15) is 0 Å². The summed E-state index contributed by atoms with van der Waals surface area (Å²) in [5, 5.41) is 5.00. The number of nitrogens with one attached hydrogen (secondary N) is 1. The van der Waals surface area contributed by atoms with Crippen LogP contribution in [0, 0.1) is 5.92 Å². The number of ether oxygens (including phenoxy) is 1. The molecule has 4 rings (SSSR count). The zero-order valence-corrected chi connectivity index (χ0v) is 15.1. The molecule has 5 heteroatoms. The van der Waals surface area contributed by atoms with Gasteiger partial charge in [0.2, 0.25) is 0 Å². The fraction of sp³-hybridized carbons (Fsp3) is 0.250. The predicted octanol–water partition coefficient (Wildman–Crippen LogP) is 5.61. The van der Waals surface area contributed by atoms with Crippen LogP contribution in [0.4, 0.5) is 5.69 Å². The molecular formula is C20H17Cl2NO2. The van der Waals surface area contributed by atoms with Crippen molar-refractivity contribution >= 4 is 34.9 Å². The van der Waals surface area contributed by atoms with Crippen LogP contribution in [-0.4, -0.2) is 13.1 Å². The Morgan fingerprint density at radius 1 is 1.12 bits per heavy atom. The first kappa shape index (κ1) is 16.5. The number of carbonyl (C=O) groups excluding carboxylic acids is 1. The maximum atomic E-state index is 11.6. The van der Waals surface area contributed by atoms with E-state index in [2.05, 4.69) is 17.5 Å². The van der Waals surface area contributed by atoms with Crippen LogP contribution in [0.15, 0.2) is 48.6 Å². The Hall–Kier alpha value is -1.97. The molecule has 2 aromatic carbocycles. The van der Waals surface area contributed by atoms with Crippen molar-refractivity contribution in [1.29, 1.82) is 0 Å². The van der Waals surface area contributed by atoms with Gasteiger partial charge in [-0.05, 0) is 42.2 Å². The molecule has 0 radical (unpaired) electrons. The average molecular weight is 374 g/mol. The quantitative estimate of drug-likeness (QED) is 0.549. The third-order valence-electron chi connectivity index (χ3n) is 5.11. The Bertz CT molecular complexity index is 861. The van der Waals surface area contributed by atoms with Crippen molar-refractivity contribution in [2.45, 2.75) is 18.4 Å². The molecule has 2 aliphatic rings. The molecule has 128 valence electrons. The highest BCUT2D eigenvalue weighted by Gasteiger charge is 2.39. The average Bonchev–Trinajstić information content (AvgIpc) is 3.13. The minimum Gasteiger partial charge on any atom is -0.465 e. The SMILES string of the molecule is COC(=O)c1ccc([C@H]2Nc3c(Cl)ccc(Cl)c3[C@@H]3C=CC[C@H]23)cc1. The van der Waals surface area contributed by atoms with E-state index in [4.69, 9.17) is 27.9 Å². The molecule has 1 N–H and O–H groups in total. The van der Waals surface area contributed by atoms with E-state index in [1.807, 2.05) is 24.3 Å². The van der Waals surface area contributed by atoms with E-state index in [0.29, 0.717) is 16.5 Å². The van der Waals surface area contributed by atoms with Gasteiger partial charge in [-0.3, -0.25) is 0 Å². The van der Waals surface area contributed by atoms with Crippen LogP contribution in [0.25, 0.3) is 0 Å². The highest BCUT2D eigenvalue weighted by Crippen LogP contribution is 2.53. The summed E-state index contributed by atoms with van der Waals surface area (Å²) in [6.45, 7) is 0. The van der Waals surface area contributed by atoms with Gasteiger partial charge in [0.05, 0.1) is 29.4 Å². The highest BCUT2D eigenvalue weighted by atomic mass is 35.5. The molecule has 0 saturated carbocycles. The molecule has 0 fully saturated rings. The lowest BCUT2D eigenvalue weighted by Crippen LogP contribution is -2.29. The van der Waals surface area contributed by atoms with E-state index in [1.54, 1.807) is 12.1 Å². The van der Waals surface area contributed by atoms with Crippen LogP contribution in [0.3, 0.4) is 0 Å². The summed E-state index contributed by atoms with van der Waals surface area (Å²) in [7, 11) is 1.39. The number of benzene rings is 2. The number of methoxy groups -OCH3 is 1. The zero-order valence-electron chi connectivity index (χ0n) is 13.6. The van der Waals surface area contributed by atoms with Gasteiger partial charge in [-0.1, -0.05) is 47.5 Å². The standard InChI is InChI=1S/C20H17Cl2NO2/c1-25-20(24)12-7-5-11(6-8-12)18-14-4-2-3-13(14)17-15(21)9-10-16(22)19(17)23-18/h2-3,5-10,13-14,18,23H,4H2,1H3/t13-,14+,18-/m1/s1. The lowest BCUT2D eigenvalue weighted by molar-refractivity contribution is 0.0600. The molecule has 2 aromatic rings. The first-order valence-electron chi connectivity index (χ1n) is 8.19. The third kappa shape index (κ3) is 2.72. The minimum atomic E-state index is -0.330. The molecule has 1 aliphatic heterocycles. The number of hydrogen-bond acceptors (Lipinski definition) is 3. The van der Waals surface area contributed by atoms with E-state index >= 15 is 0 Å². The van der Waals surface area contributed by atoms with E-state index < -0.39 is 0 Å². The number of rotatable bonds is 2. The van der Waals surface area contributed by atoms with E-state index in [-0.39, 0.29) is 17.9 Å². The number of fused-ring (bicyclic) bond motifs is 3. The first-order valence-corrected chi connectivity index (χ1v) is 8.95. The van der Waals surface area contributed by atoms with Crippen molar-refractivity contribution in [2.75, 3.05) is 12.4 Å². The number of esters is 1. The van der Waals surface area contributed by atoms with Gasteiger partial charge in [-0.25, -0.2) is 4.79 Å². The molecule has 25 heavy (non-hydrogen) atoms. The van der Waals surface area contributed by atoms with Crippen LogP contribution < -0.4 is 5.32 Å². The molecule has 0 spiro atoms. The minimum absolute atomic E-state index is 0.107. The topological polar surface area (TPSA) is 38.3 Å². The second-order valence-electron chi connectivity index (χ2n) is 6.41. The van der Waals surface area contributed by atoms with Gasteiger partial charge in [0.1, 0.15) is 0 Å². The summed E-state index contributed by atoms with van der Waals surface area (Å²) in [6.07, 6.45) is 5.41. The van der Waals surface area contributed by atoms with E-state index in [0.717, 1.165) is 28.3 Å². The molecule has 0 aromatic heterocycles. The van der Waals surface area contributed by atoms with Crippen LogP contribution in [0.5, 0.6) is 0 Å². The lowest BCUT2D eigenvalue weighted by atomic mass is 9.77. The van der Waals surface area contributed by atoms with Gasteiger partial charge in [0.25, 0.3) is 0 Å². The maximum absolute atomic E-state index is 11.6. The van der Waals surface area contributed by atoms with Crippen molar-refractivity contribution in [1.82, 2.24) is 0 Å². The van der Waals surface area contributed by atoms with E-state index in [1.165, 1.54) is 7.11 Å². The number of allylic oxidation sites excluding steroid dienone is 2. The van der Waals surface area contributed by atoms with Crippen LogP contribution in [0.2, 0.25) is 10.0 Å². The Kier molecular flexibility index (Phi) is 4.22. The van der Waals surface area contributed by atoms with Crippen molar-refractivity contribution in [3.63, 3.8) is 0 Å². The van der Waals surface area contributed by atoms with Crippen molar-refractivity contribution in [2.24, 2.45) is 5.92 Å². The molecule has 3 nitrogen and oxygen atoms in total. The maximum Gasteiger partial charge on any atom is 0.337 e. The van der Waals surface area contributed by atoms with Gasteiger partial charge in [-0.15, -0.1) is 0 Å². The number of hydrogen-bond donors (Lipinski definition) is 1. The number of anilines is 1. The van der Waals surface area contributed by atoms with Gasteiger partial charge < -0.3 is 10.1 Å². The zero-order chi connectivity index (χ0) is 17.6. The Morgan fingerprint density at radius 2 is 1.84 bits per heavy atom. The van der Waals surface area contributed by atoms with E-state index in [9.17, 15) is 4.79 Å². The van der Waals surface area contributed by atoms with Crippen molar-refractivity contribution in [3.05, 3.63) is 75.3 Å². The normalized spacial score (nSPS) is 23.6. The number of halogens is 2. The summed E-state index contributed by atoms with van der Waals surface area (Å²) >= 11 is 12.9. The Balaban J connectivity index is 1.74. The van der Waals surface area contributed by atoms with Gasteiger partial charge in [0.15, 0.2) is 0 Å². The van der Waals surface area contributed by atoms with Crippen LogP contribution in [-0.2, 0) is 4.74 Å². The summed E-state index contributed by atoms with van der Waals surface area (Å²) in [4.78, 5) is 11.6. The van der Waals surface area contributed by atoms with Crippen molar-refractivity contribution < 1.29 is 9.53 Å². The summed E-state index contributed by atoms with van der Waals surface area (Å²) < 4.78 is 4.77. The highest BCUT2D eigenvalue weighted by molar-refractivity contribution is 6.36. The fourth-order valence-corrected chi connectivity index (χ4v) is 4.41. The predicted molar refractivity (Wildman–Crippen MR) is 101 cm³/mol. The number of carbonyl (C=O) groups is 1. The lowest BCUT2D eigenvalue weighted by Gasteiger charge is -2.38. The summed E-state index contributed by atoms with van der Waals surface area (Å²) in [5.41, 5.74) is 3.65. The monoisotopic (exact) mass is 373 g/mol. The molecule has 0 amide bonds. The third-order valence-corrected chi connectivity index (χ3v) is 5.75. The van der Waals surface area contributed by atoms with Crippen LogP contribution >= 0.6 is 23.2 Å². The molecular weight excluding hydrogens is 357 g/mol. The molecule has 0 bridgehead atoms. The van der Waals surface area contributed by atoms with Crippen LogP contribution in [0.1, 0.15) is 39.9 Å².